The fraction of sp³-hybridized carbons (Fsp3) is 0.800. The first-order valence-electron chi connectivity index (χ1n) is 5.38. The van der Waals surface area contributed by atoms with Crippen LogP contribution < -0.4 is 10.2 Å². The second-order valence-corrected chi connectivity index (χ2v) is 4.13. The van der Waals surface area contributed by atoms with Crippen molar-refractivity contribution in [2.75, 3.05) is 26.7 Å². The lowest BCUT2D eigenvalue weighted by molar-refractivity contribution is -0.907. The Labute approximate surface area is 94.9 Å². The molecule has 1 rings (SSSR count). The Kier molecular flexibility index (Phi) is 4.70. The van der Waals surface area contributed by atoms with Gasteiger partial charge in [-0.15, -0.1) is 0 Å². The average Bonchev–Trinajstić information content (AvgIpc) is 2.15. The summed E-state index contributed by atoms with van der Waals surface area (Å²) in [4.78, 5) is 23.3. The third kappa shape index (κ3) is 4.16. The zero-order valence-corrected chi connectivity index (χ0v) is 9.91. The van der Waals surface area contributed by atoms with Gasteiger partial charge in [0, 0.05) is 0 Å². The van der Waals surface area contributed by atoms with Gasteiger partial charge in [-0.2, -0.15) is 0 Å². The number of rotatable bonds is 2. The predicted octanol–water partition coefficient (Wildman–Crippen LogP) is -1.44. The predicted molar refractivity (Wildman–Crippen MR) is 56.1 cm³/mol. The lowest BCUT2D eigenvalue weighted by atomic mass is 10.2. The van der Waals surface area contributed by atoms with Crippen LogP contribution in [0.1, 0.15) is 13.8 Å². The lowest BCUT2D eigenvalue weighted by Crippen LogP contribution is -3.16. The second-order valence-electron chi connectivity index (χ2n) is 4.13. The van der Waals surface area contributed by atoms with Crippen LogP contribution in [0.25, 0.3) is 0 Å². The van der Waals surface area contributed by atoms with Crippen LogP contribution in [-0.4, -0.2) is 51.0 Å². The number of imide groups is 1. The molecule has 1 fully saturated rings. The van der Waals surface area contributed by atoms with E-state index in [0.717, 1.165) is 18.0 Å². The van der Waals surface area contributed by atoms with Gasteiger partial charge in [0.25, 0.3) is 5.91 Å². The van der Waals surface area contributed by atoms with Crippen LogP contribution in [0.2, 0.25) is 0 Å². The Bertz CT molecular complexity index is 260. The molecule has 1 aliphatic rings. The lowest BCUT2D eigenvalue weighted by Gasteiger charge is -2.31. The molecule has 2 N–H and O–H groups in total. The van der Waals surface area contributed by atoms with E-state index < -0.39 is 6.09 Å². The Morgan fingerprint density at radius 3 is 2.44 bits per heavy atom. The highest BCUT2D eigenvalue weighted by atomic mass is 16.5. The van der Waals surface area contributed by atoms with Crippen LogP contribution >= 0.6 is 0 Å². The quantitative estimate of drug-likeness (QED) is 0.611. The molecule has 0 spiro atoms. The van der Waals surface area contributed by atoms with E-state index in [2.05, 4.69) is 10.1 Å². The van der Waals surface area contributed by atoms with Crippen molar-refractivity contribution in [2.45, 2.75) is 26.1 Å². The molecule has 0 aliphatic carbocycles. The number of carbonyl (C=O) groups is 2. The minimum Gasteiger partial charge on any atom is -0.453 e. The van der Waals surface area contributed by atoms with Gasteiger partial charge in [0.05, 0.1) is 7.11 Å². The van der Waals surface area contributed by atoms with E-state index >= 15 is 0 Å². The second kappa shape index (κ2) is 5.81. The van der Waals surface area contributed by atoms with Crippen LogP contribution in [-0.2, 0) is 14.3 Å². The van der Waals surface area contributed by atoms with Gasteiger partial charge in [0.1, 0.15) is 25.3 Å². The Morgan fingerprint density at radius 2 is 1.94 bits per heavy atom. The number of morpholine rings is 1. The molecule has 1 heterocycles. The number of ether oxygens (including phenoxy) is 2. The summed E-state index contributed by atoms with van der Waals surface area (Å²) in [6.45, 7) is 5.78. The number of hydrogen-bond donors (Lipinski definition) is 2. The van der Waals surface area contributed by atoms with E-state index in [1.54, 1.807) is 0 Å². The topological polar surface area (TPSA) is 69.1 Å². The number of nitrogens with one attached hydrogen (secondary N) is 2. The van der Waals surface area contributed by atoms with Gasteiger partial charge in [-0.25, -0.2) is 4.79 Å². The molecular weight excluding hydrogens is 212 g/mol. The molecule has 16 heavy (non-hydrogen) atoms. The summed E-state index contributed by atoms with van der Waals surface area (Å²) in [6.07, 6.45) is -0.423. The van der Waals surface area contributed by atoms with Crippen molar-refractivity contribution in [2.24, 2.45) is 0 Å². The standard InChI is InChI=1S/C10H18N2O4/c1-7-4-12(5-8(2)16-7)6-9(13)11-10(14)15-3/h7-8H,4-6H2,1-3H3,(H,11,13,14)/p+1/t7-,8-/m1/s1. The molecule has 92 valence electrons. The van der Waals surface area contributed by atoms with Crippen LogP contribution in [0.15, 0.2) is 0 Å². The van der Waals surface area contributed by atoms with Gasteiger partial charge in [-0.1, -0.05) is 0 Å². The summed E-state index contributed by atoms with van der Waals surface area (Å²) in [5, 5.41) is 2.14. The summed E-state index contributed by atoms with van der Waals surface area (Å²) < 4.78 is 9.90. The molecule has 6 nitrogen and oxygen atoms in total. The van der Waals surface area contributed by atoms with Crippen molar-refractivity contribution >= 4 is 12.0 Å². The van der Waals surface area contributed by atoms with Crippen molar-refractivity contribution in [3.05, 3.63) is 0 Å². The van der Waals surface area contributed by atoms with Gasteiger partial charge >= 0.3 is 6.09 Å². The maximum atomic E-state index is 11.4. The summed E-state index contributed by atoms with van der Waals surface area (Å²) in [6, 6.07) is 0. The first-order chi connectivity index (χ1) is 7.51. The smallest absolute Gasteiger partial charge is 0.413 e. The first-order valence-corrected chi connectivity index (χ1v) is 5.38. The largest absolute Gasteiger partial charge is 0.453 e. The van der Waals surface area contributed by atoms with Crippen LogP contribution in [0.5, 0.6) is 0 Å². The zero-order chi connectivity index (χ0) is 12.1. The average molecular weight is 231 g/mol. The van der Waals surface area contributed by atoms with E-state index in [4.69, 9.17) is 4.74 Å². The maximum absolute atomic E-state index is 11.4. The molecule has 0 saturated carbocycles. The number of hydrogen-bond acceptors (Lipinski definition) is 4. The number of alkyl carbamates (subject to hydrolysis) is 1. The molecule has 0 radical (unpaired) electrons. The molecule has 0 bridgehead atoms. The molecular formula is C10H19N2O4+. The molecule has 0 aromatic carbocycles. The monoisotopic (exact) mass is 231 g/mol. The summed E-state index contributed by atoms with van der Waals surface area (Å²) in [7, 11) is 1.23. The van der Waals surface area contributed by atoms with Gasteiger partial charge in [0.15, 0.2) is 6.54 Å². The molecule has 0 aromatic heterocycles. The fourth-order valence-corrected chi connectivity index (χ4v) is 1.97. The minimum absolute atomic E-state index is 0.143. The number of quaternary nitrogens is 1. The molecule has 1 saturated heterocycles. The van der Waals surface area contributed by atoms with Crippen molar-refractivity contribution in [3.63, 3.8) is 0 Å². The molecule has 0 aromatic rings. The summed E-state index contributed by atoms with van der Waals surface area (Å²) in [5.74, 6) is -0.317. The van der Waals surface area contributed by atoms with Gasteiger partial charge < -0.3 is 14.4 Å². The van der Waals surface area contributed by atoms with Crippen molar-refractivity contribution in [3.8, 4) is 0 Å². The van der Waals surface area contributed by atoms with Crippen molar-refractivity contribution in [1.82, 2.24) is 5.32 Å². The SMILES string of the molecule is COC(=O)NC(=O)C[NH+]1C[C@@H](C)O[C@H](C)C1. The van der Waals surface area contributed by atoms with Gasteiger partial charge in [-0.05, 0) is 13.8 Å². The van der Waals surface area contributed by atoms with Crippen LogP contribution in [0.4, 0.5) is 4.79 Å². The maximum Gasteiger partial charge on any atom is 0.413 e. The van der Waals surface area contributed by atoms with E-state index in [-0.39, 0.29) is 24.7 Å². The van der Waals surface area contributed by atoms with E-state index in [0.29, 0.717) is 0 Å². The Hall–Kier alpha value is -1.14. The highest BCUT2D eigenvalue weighted by Crippen LogP contribution is 1.97. The van der Waals surface area contributed by atoms with Crippen LogP contribution in [0.3, 0.4) is 0 Å². The number of amides is 2. The van der Waals surface area contributed by atoms with E-state index in [1.807, 2.05) is 13.8 Å². The van der Waals surface area contributed by atoms with Gasteiger partial charge in [-0.3, -0.25) is 10.1 Å². The Morgan fingerprint density at radius 1 is 1.38 bits per heavy atom. The van der Waals surface area contributed by atoms with Crippen molar-refractivity contribution in [1.29, 1.82) is 0 Å². The first kappa shape index (κ1) is 12.9. The molecule has 2 amide bonds. The highest BCUT2D eigenvalue weighted by Gasteiger charge is 2.27. The summed E-state index contributed by atoms with van der Waals surface area (Å²) >= 11 is 0. The normalized spacial score (nSPS) is 29.6. The van der Waals surface area contributed by atoms with Crippen LogP contribution in [0, 0.1) is 0 Å². The molecule has 6 heteroatoms. The third-order valence-corrected chi connectivity index (χ3v) is 2.45. The summed E-state index contributed by atoms with van der Waals surface area (Å²) in [5.41, 5.74) is 0. The molecule has 0 unspecified atom stereocenters. The third-order valence-electron chi connectivity index (χ3n) is 2.45. The number of carbonyl (C=O) groups excluding carboxylic acids is 2. The zero-order valence-electron chi connectivity index (χ0n) is 9.91. The minimum atomic E-state index is -0.709. The van der Waals surface area contributed by atoms with E-state index in [9.17, 15) is 9.59 Å². The van der Waals surface area contributed by atoms with E-state index in [1.165, 1.54) is 7.11 Å². The van der Waals surface area contributed by atoms with Crippen molar-refractivity contribution < 1.29 is 24.0 Å². The Balaban J connectivity index is 2.35. The fourth-order valence-electron chi connectivity index (χ4n) is 1.97. The van der Waals surface area contributed by atoms with Gasteiger partial charge in [0.2, 0.25) is 0 Å². The molecule has 1 aliphatic heterocycles. The number of methoxy groups -OCH3 is 1. The highest BCUT2D eigenvalue weighted by molar-refractivity contribution is 5.92. The molecule has 2 atom stereocenters.